The lowest BCUT2D eigenvalue weighted by Crippen LogP contribution is -2.10. The molecule has 1 aromatic heterocycles. The molecule has 0 amide bonds. The standard InChI is InChI=1S/C10H14N2O4/c1-4-16-8-5-7(10(14)15-3)11-12-9(8)6(2)13/h5-6,13H,4H2,1-3H3. The number of rotatable bonds is 4. The summed E-state index contributed by atoms with van der Waals surface area (Å²) in [5.41, 5.74) is 0.352. The topological polar surface area (TPSA) is 81.5 Å². The predicted octanol–water partition coefficient (Wildman–Crippen LogP) is 0.715. The van der Waals surface area contributed by atoms with E-state index in [1.165, 1.54) is 13.2 Å². The summed E-state index contributed by atoms with van der Waals surface area (Å²) in [5.74, 6) is -0.251. The second-order valence-electron chi connectivity index (χ2n) is 3.08. The van der Waals surface area contributed by atoms with E-state index in [4.69, 9.17) is 4.74 Å². The molecule has 16 heavy (non-hydrogen) atoms. The van der Waals surface area contributed by atoms with Crippen molar-refractivity contribution in [2.24, 2.45) is 0 Å². The smallest absolute Gasteiger partial charge is 0.358 e. The Morgan fingerprint density at radius 2 is 2.25 bits per heavy atom. The molecular weight excluding hydrogens is 212 g/mol. The molecule has 1 aromatic rings. The number of aliphatic hydroxyl groups excluding tert-OH is 1. The number of ether oxygens (including phenoxy) is 2. The first-order valence-electron chi connectivity index (χ1n) is 4.87. The van der Waals surface area contributed by atoms with E-state index in [9.17, 15) is 9.90 Å². The Bertz CT molecular complexity index is 379. The zero-order valence-corrected chi connectivity index (χ0v) is 9.43. The van der Waals surface area contributed by atoms with Crippen molar-refractivity contribution in [2.75, 3.05) is 13.7 Å². The maximum atomic E-state index is 11.2. The van der Waals surface area contributed by atoms with Gasteiger partial charge in [0.2, 0.25) is 0 Å². The average molecular weight is 226 g/mol. The van der Waals surface area contributed by atoms with E-state index in [1.54, 1.807) is 13.8 Å². The van der Waals surface area contributed by atoms with Crippen molar-refractivity contribution in [3.8, 4) is 5.75 Å². The lowest BCUT2D eigenvalue weighted by molar-refractivity contribution is 0.0591. The van der Waals surface area contributed by atoms with Crippen molar-refractivity contribution >= 4 is 5.97 Å². The highest BCUT2D eigenvalue weighted by Gasteiger charge is 2.16. The third-order valence-electron chi connectivity index (χ3n) is 1.88. The van der Waals surface area contributed by atoms with Crippen molar-refractivity contribution in [1.82, 2.24) is 10.2 Å². The molecule has 0 radical (unpaired) electrons. The first-order valence-corrected chi connectivity index (χ1v) is 4.87. The van der Waals surface area contributed by atoms with Crippen LogP contribution >= 0.6 is 0 Å². The van der Waals surface area contributed by atoms with Gasteiger partial charge in [0.05, 0.1) is 19.8 Å². The van der Waals surface area contributed by atoms with Crippen molar-refractivity contribution in [1.29, 1.82) is 0 Å². The molecule has 6 heteroatoms. The zero-order chi connectivity index (χ0) is 12.1. The van der Waals surface area contributed by atoms with Crippen LogP contribution in [0.4, 0.5) is 0 Å². The highest BCUT2D eigenvalue weighted by Crippen LogP contribution is 2.22. The second kappa shape index (κ2) is 5.41. The Hall–Kier alpha value is -1.69. The number of carbonyl (C=O) groups excluding carboxylic acids is 1. The fraction of sp³-hybridized carbons (Fsp3) is 0.500. The predicted molar refractivity (Wildman–Crippen MR) is 55.2 cm³/mol. The SMILES string of the molecule is CCOc1cc(C(=O)OC)nnc1C(C)O. The second-order valence-corrected chi connectivity index (χ2v) is 3.08. The van der Waals surface area contributed by atoms with Crippen LogP contribution in [0.25, 0.3) is 0 Å². The van der Waals surface area contributed by atoms with Crippen LogP contribution in [0.3, 0.4) is 0 Å². The summed E-state index contributed by atoms with van der Waals surface area (Å²) in [6.45, 7) is 3.75. The fourth-order valence-corrected chi connectivity index (χ4v) is 1.15. The van der Waals surface area contributed by atoms with Gasteiger partial charge in [-0.1, -0.05) is 0 Å². The van der Waals surface area contributed by atoms with E-state index in [0.717, 1.165) is 0 Å². The lowest BCUT2D eigenvalue weighted by Gasteiger charge is -2.11. The molecule has 0 fully saturated rings. The molecule has 1 unspecified atom stereocenters. The number of hydrogen-bond acceptors (Lipinski definition) is 6. The van der Waals surface area contributed by atoms with Crippen LogP contribution in [-0.4, -0.2) is 35.0 Å². The molecule has 1 N–H and O–H groups in total. The number of esters is 1. The monoisotopic (exact) mass is 226 g/mol. The molecule has 88 valence electrons. The Morgan fingerprint density at radius 3 is 2.75 bits per heavy atom. The van der Waals surface area contributed by atoms with Crippen LogP contribution in [0.5, 0.6) is 5.75 Å². The fourth-order valence-electron chi connectivity index (χ4n) is 1.15. The Balaban J connectivity index is 3.11. The van der Waals surface area contributed by atoms with E-state index in [0.29, 0.717) is 18.1 Å². The molecule has 0 aliphatic heterocycles. The molecule has 1 rings (SSSR count). The molecule has 0 aliphatic carbocycles. The number of nitrogens with zero attached hydrogens (tertiary/aromatic N) is 2. The molecule has 1 heterocycles. The number of hydrogen-bond donors (Lipinski definition) is 1. The zero-order valence-electron chi connectivity index (χ0n) is 9.43. The van der Waals surface area contributed by atoms with Gasteiger partial charge in [0.25, 0.3) is 0 Å². The van der Waals surface area contributed by atoms with Gasteiger partial charge in [0.1, 0.15) is 11.4 Å². The first-order chi connectivity index (χ1) is 7.60. The third-order valence-corrected chi connectivity index (χ3v) is 1.88. The molecule has 0 spiro atoms. The normalized spacial score (nSPS) is 12.0. The average Bonchev–Trinajstić information content (AvgIpc) is 2.28. The van der Waals surface area contributed by atoms with Crippen molar-refractivity contribution in [3.63, 3.8) is 0 Å². The minimum atomic E-state index is -0.805. The van der Waals surface area contributed by atoms with E-state index >= 15 is 0 Å². The largest absolute Gasteiger partial charge is 0.492 e. The minimum absolute atomic E-state index is 0.0513. The van der Waals surface area contributed by atoms with Gasteiger partial charge < -0.3 is 14.6 Å². The summed E-state index contributed by atoms with van der Waals surface area (Å²) in [5, 5.41) is 16.8. The number of aliphatic hydroxyl groups is 1. The van der Waals surface area contributed by atoms with E-state index in [1.807, 2.05) is 0 Å². The molecule has 0 bridgehead atoms. The molecule has 0 saturated carbocycles. The van der Waals surface area contributed by atoms with Gasteiger partial charge in [-0.05, 0) is 13.8 Å². The van der Waals surface area contributed by atoms with E-state index < -0.39 is 12.1 Å². The van der Waals surface area contributed by atoms with Crippen LogP contribution in [-0.2, 0) is 4.74 Å². The highest BCUT2D eigenvalue weighted by atomic mass is 16.5. The lowest BCUT2D eigenvalue weighted by atomic mass is 10.2. The minimum Gasteiger partial charge on any atom is -0.492 e. The Morgan fingerprint density at radius 1 is 1.56 bits per heavy atom. The number of methoxy groups -OCH3 is 1. The molecular formula is C10H14N2O4. The summed E-state index contributed by atoms with van der Waals surface area (Å²) in [6.07, 6.45) is -0.805. The van der Waals surface area contributed by atoms with E-state index in [-0.39, 0.29) is 5.69 Å². The van der Waals surface area contributed by atoms with Crippen molar-refractivity contribution in [2.45, 2.75) is 20.0 Å². The van der Waals surface area contributed by atoms with Crippen LogP contribution in [0.2, 0.25) is 0 Å². The molecule has 0 saturated heterocycles. The summed E-state index contributed by atoms with van der Waals surface area (Å²) in [6, 6.07) is 1.41. The van der Waals surface area contributed by atoms with Crippen LogP contribution in [0.1, 0.15) is 36.1 Å². The molecule has 1 atom stereocenters. The van der Waals surface area contributed by atoms with E-state index in [2.05, 4.69) is 14.9 Å². The maximum Gasteiger partial charge on any atom is 0.358 e. The van der Waals surface area contributed by atoms with Gasteiger partial charge in [-0.2, -0.15) is 0 Å². The van der Waals surface area contributed by atoms with Crippen LogP contribution < -0.4 is 4.74 Å². The summed E-state index contributed by atoms with van der Waals surface area (Å²) >= 11 is 0. The van der Waals surface area contributed by atoms with Crippen LogP contribution in [0.15, 0.2) is 6.07 Å². The summed E-state index contributed by atoms with van der Waals surface area (Å²) in [4.78, 5) is 11.2. The number of carbonyl (C=O) groups is 1. The molecule has 0 aliphatic rings. The van der Waals surface area contributed by atoms with Gasteiger partial charge in [0, 0.05) is 6.07 Å². The van der Waals surface area contributed by atoms with Gasteiger partial charge in [-0.15, -0.1) is 10.2 Å². The van der Waals surface area contributed by atoms with Crippen molar-refractivity contribution < 1.29 is 19.4 Å². The summed E-state index contributed by atoms with van der Waals surface area (Å²) < 4.78 is 9.77. The summed E-state index contributed by atoms with van der Waals surface area (Å²) in [7, 11) is 1.26. The van der Waals surface area contributed by atoms with Crippen LogP contribution in [0, 0.1) is 0 Å². The Kier molecular flexibility index (Phi) is 4.19. The molecule has 6 nitrogen and oxygen atoms in total. The number of aromatic nitrogens is 2. The maximum absolute atomic E-state index is 11.2. The van der Waals surface area contributed by atoms with Crippen molar-refractivity contribution in [3.05, 3.63) is 17.5 Å². The third kappa shape index (κ3) is 2.66. The quantitative estimate of drug-likeness (QED) is 0.761. The van der Waals surface area contributed by atoms with Gasteiger partial charge in [-0.3, -0.25) is 0 Å². The van der Waals surface area contributed by atoms with Gasteiger partial charge in [0.15, 0.2) is 5.69 Å². The Labute approximate surface area is 93.2 Å². The molecule has 0 aromatic carbocycles. The first kappa shape index (κ1) is 12.4. The van der Waals surface area contributed by atoms with Gasteiger partial charge >= 0.3 is 5.97 Å². The highest BCUT2D eigenvalue weighted by molar-refractivity contribution is 5.87. The van der Waals surface area contributed by atoms with Gasteiger partial charge in [-0.25, -0.2) is 4.79 Å².